The topological polar surface area (TPSA) is 62.9 Å². The molecular formula is C7H5Cl2N2O2. The molecule has 6 heteroatoms. The van der Waals surface area contributed by atoms with Crippen molar-refractivity contribution in [2.75, 3.05) is 0 Å². The molecule has 0 aliphatic rings. The molecule has 1 amide bonds. The van der Waals surface area contributed by atoms with E-state index in [9.17, 15) is 9.59 Å². The average Bonchev–Trinajstić information content (AvgIpc) is 1.98. The monoisotopic (exact) mass is 219 g/mol. The molecular weight excluding hydrogens is 215 g/mol. The number of pyridine rings is 1. The summed E-state index contributed by atoms with van der Waals surface area (Å²) >= 11 is 11.0. The van der Waals surface area contributed by atoms with Gasteiger partial charge in [-0.25, -0.2) is 0 Å². The molecule has 1 rings (SSSR count). The van der Waals surface area contributed by atoms with E-state index in [0.29, 0.717) is 0 Å². The van der Waals surface area contributed by atoms with Crippen LogP contribution in [-0.2, 0) is 11.3 Å². The minimum Gasteiger partial charge on any atom is -0.342 e. The van der Waals surface area contributed by atoms with Crippen LogP contribution in [0.25, 0.3) is 0 Å². The molecule has 0 saturated heterocycles. The number of hydrogen-bond acceptors (Lipinski definition) is 2. The molecule has 0 spiro atoms. The van der Waals surface area contributed by atoms with Crippen molar-refractivity contribution in [1.82, 2.24) is 10.3 Å². The second-order valence-corrected chi connectivity index (χ2v) is 3.19. The number of rotatable bonds is 2. The SMILES string of the molecule is [NH]C(=O)Cn1cc(Cl)c(=O)c(Cl)c1. The summed E-state index contributed by atoms with van der Waals surface area (Å²) in [5, 5.41) is -0.123. The molecule has 1 aromatic rings. The molecule has 69 valence electrons. The Hall–Kier alpha value is -1.00. The summed E-state index contributed by atoms with van der Waals surface area (Å²) in [6, 6.07) is 0. The summed E-state index contributed by atoms with van der Waals surface area (Å²) in [6.45, 7) is -0.167. The Bertz CT molecular complexity index is 374. The van der Waals surface area contributed by atoms with Crippen LogP contribution in [-0.4, -0.2) is 10.5 Å². The molecule has 0 aliphatic carbocycles. The standard InChI is InChI=1S/C7H5Cl2N2O2/c8-4-1-11(3-6(10)12)2-5(9)7(4)13/h1-2,10H,3H2. The summed E-state index contributed by atoms with van der Waals surface area (Å²) in [7, 11) is 0. The zero-order valence-electron chi connectivity index (χ0n) is 6.38. The van der Waals surface area contributed by atoms with Gasteiger partial charge in [-0.2, -0.15) is 0 Å². The molecule has 1 heterocycles. The Morgan fingerprint density at radius 2 is 1.85 bits per heavy atom. The molecule has 0 saturated carbocycles. The van der Waals surface area contributed by atoms with Gasteiger partial charge in [0.25, 0.3) is 5.91 Å². The lowest BCUT2D eigenvalue weighted by Crippen LogP contribution is -2.14. The highest BCUT2D eigenvalue weighted by Crippen LogP contribution is 2.07. The quantitative estimate of drug-likeness (QED) is 0.745. The zero-order chi connectivity index (χ0) is 10.0. The molecule has 1 N–H and O–H groups in total. The van der Waals surface area contributed by atoms with Gasteiger partial charge in [0.2, 0.25) is 5.43 Å². The van der Waals surface area contributed by atoms with Gasteiger partial charge in [-0.05, 0) is 0 Å². The Balaban J connectivity index is 3.13. The minimum absolute atomic E-state index is 0.0613. The van der Waals surface area contributed by atoms with Crippen molar-refractivity contribution in [1.29, 1.82) is 0 Å². The Morgan fingerprint density at radius 3 is 2.23 bits per heavy atom. The molecule has 0 aliphatic heterocycles. The number of carbonyl (C=O) groups is 1. The van der Waals surface area contributed by atoms with Gasteiger partial charge in [-0.15, -0.1) is 0 Å². The van der Waals surface area contributed by atoms with Crippen molar-refractivity contribution in [3.63, 3.8) is 0 Å². The maximum absolute atomic E-state index is 11.0. The van der Waals surface area contributed by atoms with E-state index in [-0.39, 0.29) is 16.6 Å². The van der Waals surface area contributed by atoms with Crippen LogP contribution in [0.3, 0.4) is 0 Å². The largest absolute Gasteiger partial charge is 0.342 e. The van der Waals surface area contributed by atoms with Crippen LogP contribution in [0, 0.1) is 0 Å². The van der Waals surface area contributed by atoms with Gasteiger partial charge < -0.3 is 4.57 Å². The molecule has 4 nitrogen and oxygen atoms in total. The van der Waals surface area contributed by atoms with Gasteiger partial charge in [0, 0.05) is 12.4 Å². The molecule has 0 bridgehead atoms. The number of halogens is 2. The van der Waals surface area contributed by atoms with Gasteiger partial charge in [0.15, 0.2) is 0 Å². The van der Waals surface area contributed by atoms with E-state index in [2.05, 4.69) is 0 Å². The first kappa shape index (κ1) is 10.1. The van der Waals surface area contributed by atoms with Gasteiger partial charge >= 0.3 is 0 Å². The minimum atomic E-state index is -0.782. The number of carbonyl (C=O) groups excluding carboxylic acids is 1. The highest BCUT2D eigenvalue weighted by Gasteiger charge is 2.04. The second-order valence-electron chi connectivity index (χ2n) is 2.38. The molecule has 13 heavy (non-hydrogen) atoms. The fourth-order valence-electron chi connectivity index (χ4n) is 0.817. The van der Waals surface area contributed by atoms with E-state index < -0.39 is 11.3 Å². The van der Waals surface area contributed by atoms with E-state index in [1.165, 1.54) is 17.0 Å². The van der Waals surface area contributed by atoms with Gasteiger partial charge in [0.1, 0.15) is 16.6 Å². The fourth-order valence-corrected chi connectivity index (χ4v) is 1.32. The highest BCUT2D eigenvalue weighted by molar-refractivity contribution is 6.34. The smallest absolute Gasteiger partial charge is 0.258 e. The van der Waals surface area contributed by atoms with Crippen LogP contribution < -0.4 is 11.2 Å². The predicted octanol–water partition coefficient (Wildman–Crippen LogP) is 0.965. The number of nitrogens with zero attached hydrogens (tertiary/aromatic N) is 1. The highest BCUT2D eigenvalue weighted by atomic mass is 35.5. The second kappa shape index (κ2) is 3.81. The van der Waals surface area contributed by atoms with E-state index >= 15 is 0 Å². The lowest BCUT2D eigenvalue weighted by atomic mass is 10.4. The first-order valence-electron chi connectivity index (χ1n) is 3.30. The maximum Gasteiger partial charge on any atom is 0.258 e. The van der Waals surface area contributed by atoms with Crippen molar-refractivity contribution >= 4 is 29.1 Å². The Labute approximate surface area is 83.9 Å². The zero-order valence-corrected chi connectivity index (χ0v) is 7.89. The lowest BCUT2D eigenvalue weighted by Gasteiger charge is -2.03. The predicted molar refractivity (Wildman–Crippen MR) is 48.8 cm³/mol. The maximum atomic E-state index is 11.0. The van der Waals surface area contributed by atoms with Crippen molar-refractivity contribution in [2.24, 2.45) is 0 Å². The number of amides is 1. The molecule has 0 unspecified atom stereocenters. The fraction of sp³-hybridized carbons (Fsp3) is 0.143. The van der Waals surface area contributed by atoms with Crippen LogP contribution in [0.1, 0.15) is 0 Å². The summed E-state index contributed by atoms with van der Waals surface area (Å²) in [5.74, 6) is -0.782. The van der Waals surface area contributed by atoms with Crippen molar-refractivity contribution in [3.05, 3.63) is 32.7 Å². The number of aromatic nitrogens is 1. The molecule has 0 fully saturated rings. The van der Waals surface area contributed by atoms with Crippen LogP contribution >= 0.6 is 23.2 Å². The van der Waals surface area contributed by atoms with Gasteiger partial charge in [-0.3, -0.25) is 15.3 Å². The third-order valence-electron chi connectivity index (χ3n) is 1.32. The summed E-state index contributed by atoms with van der Waals surface area (Å²) in [5.41, 5.74) is 6.21. The van der Waals surface area contributed by atoms with Crippen LogP contribution in [0.5, 0.6) is 0 Å². The molecule has 1 radical (unpaired) electrons. The van der Waals surface area contributed by atoms with Crippen molar-refractivity contribution in [2.45, 2.75) is 6.54 Å². The van der Waals surface area contributed by atoms with Crippen LogP contribution in [0.4, 0.5) is 0 Å². The van der Waals surface area contributed by atoms with Crippen molar-refractivity contribution < 1.29 is 4.79 Å². The van der Waals surface area contributed by atoms with E-state index in [1.807, 2.05) is 0 Å². The van der Waals surface area contributed by atoms with Crippen LogP contribution in [0.2, 0.25) is 10.0 Å². The number of hydrogen-bond donors (Lipinski definition) is 0. The first-order valence-corrected chi connectivity index (χ1v) is 4.06. The van der Waals surface area contributed by atoms with E-state index in [1.54, 1.807) is 0 Å². The molecule has 0 aromatic carbocycles. The van der Waals surface area contributed by atoms with E-state index in [0.717, 1.165) is 0 Å². The van der Waals surface area contributed by atoms with Gasteiger partial charge in [0.05, 0.1) is 0 Å². The summed E-state index contributed by atoms with van der Waals surface area (Å²) in [6.07, 6.45) is 2.53. The van der Waals surface area contributed by atoms with Crippen LogP contribution in [0.15, 0.2) is 17.2 Å². The summed E-state index contributed by atoms with van der Waals surface area (Å²) in [4.78, 5) is 21.4. The molecule has 0 atom stereocenters. The first-order chi connectivity index (χ1) is 6.00. The Kier molecular flexibility index (Phi) is 2.95. The van der Waals surface area contributed by atoms with Gasteiger partial charge in [-0.1, -0.05) is 23.2 Å². The average molecular weight is 220 g/mol. The van der Waals surface area contributed by atoms with Crippen molar-refractivity contribution in [3.8, 4) is 0 Å². The van der Waals surface area contributed by atoms with E-state index in [4.69, 9.17) is 28.9 Å². The third kappa shape index (κ3) is 2.47. The molecule has 1 aromatic heterocycles. The lowest BCUT2D eigenvalue weighted by molar-refractivity contribution is -0.119. The Morgan fingerprint density at radius 1 is 1.38 bits per heavy atom. The third-order valence-corrected chi connectivity index (χ3v) is 1.86. The normalized spacial score (nSPS) is 10.0. The number of nitrogens with one attached hydrogen (secondary N) is 1. The summed E-state index contributed by atoms with van der Waals surface area (Å²) < 4.78 is 1.29.